The van der Waals surface area contributed by atoms with Crippen molar-refractivity contribution in [3.05, 3.63) is 34.9 Å². The van der Waals surface area contributed by atoms with Gasteiger partial charge in [-0.1, -0.05) is 32.8 Å². The number of β-amino-alcohol motifs (C(OH)–C–C–N with tert-alkyl or cyclic N) is 1. The van der Waals surface area contributed by atoms with Crippen LogP contribution in [0.15, 0.2) is 18.2 Å². The van der Waals surface area contributed by atoms with Crippen LogP contribution in [0.4, 0.5) is 0 Å². The maximum atomic E-state index is 11.6. The fourth-order valence-electron chi connectivity index (χ4n) is 2.67. The molecule has 1 aliphatic heterocycles. The van der Waals surface area contributed by atoms with Crippen molar-refractivity contribution in [2.75, 3.05) is 13.1 Å². The van der Waals surface area contributed by atoms with E-state index in [4.69, 9.17) is 6.42 Å². The second kappa shape index (κ2) is 11.4. The highest BCUT2D eigenvalue weighted by Gasteiger charge is 2.27. The van der Waals surface area contributed by atoms with Gasteiger partial charge in [0.1, 0.15) is 0 Å². The van der Waals surface area contributed by atoms with Crippen LogP contribution in [0.5, 0.6) is 0 Å². The van der Waals surface area contributed by atoms with E-state index in [2.05, 4.69) is 32.0 Å². The molecule has 1 fully saturated rings. The summed E-state index contributed by atoms with van der Waals surface area (Å²) in [6, 6.07) is 5.73. The first-order valence-electron chi connectivity index (χ1n) is 8.85. The number of aliphatic hydroxyl groups excluding tert-OH is 1. The number of hydrogen-bond acceptors (Lipinski definition) is 4. The van der Waals surface area contributed by atoms with Gasteiger partial charge in [0, 0.05) is 31.6 Å². The van der Waals surface area contributed by atoms with Gasteiger partial charge in [0.25, 0.3) is 0 Å². The fourth-order valence-corrected chi connectivity index (χ4v) is 2.67. The average Bonchev–Trinajstić information content (AvgIpc) is 2.99. The number of hydrogen-bond donors (Lipinski definition) is 3. The van der Waals surface area contributed by atoms with Crippen LogP contribution in [0.2, 0.25) is 0 Å². The minimum absolute atomic E-state index is 0. The van der Waals surface area contributed by atoms with Gasteiger partial charge in [0.05, 0.1) is 6.10 Å². The molecule has 1 aliphatic rings. The molecule has 1 unspecified atom stereocenters. The van der Waals surface area contributed by atoms with Crippen LogP contribution in [0.3, 0.4) is 0 Å². The second-order valence-electron chi connectivity index (χ2n) is 7.80. The van der Waals surface area contributed by atoms with Gasteiger partial charge in [-0.15, -0.1) is 6.42 Å². The molecule has 5 N–H and O–H groups in total. The number of terminal acetylenes is 1. The van der Waals surface area contributed by atoms with Gasteiger partial charge in [0.15, 0.2) is 0 Å². The largest absolute Gasteiger partial charge is 0.391 e. The summed E-state index contributed by atoms with van der Waals surface area (Å²) in [6.07, 6.45) is 6.94. The van der Waals surface area contributed by atoms with E-state index in [1.54, 1.807) is 4.90 Å². The van der Waals surface area contributed by atoms with Crippen molar-refractivity contribution in [3.8, 4) is 12.3 Å². The van der Waals surface area contributed by atoms with E-state index in [1.165, 1.54) is 0 Å². The third-order valence-corrected chi connectivity index (χ3v) is 4.08. The van der Waals surface area contributed by atoms with Crippen molar-refractivity contribution in [1.29, 1.82) is 0 Å². The molecule has 0 spiro atoms. The zero-order valence-electron chi connectivity index (χ0n) is 16.9. The maximum absolute atomic E-state index is 11.6. The highest BCUT2D eigenvalue weighted by Crippen LogP contribution is 2.21. The first-order chi connectivity index (χ1) is 12.2. The molecule has 1 aromatic rings. The average molecular weight is 376 g/mol. The molecular formula is C21H33N3O3. The van der Waals surface area contributed by atoms with E-state index in [0.717, 1.165) is 29.7 Å². The first-order valence-corrected chi connectivity index (χ1v) is 8.85. The van der Waals surface area contributed by atoms with Gasteiger partial charge in [-0.25, -0.2) is 0 Å². The summed E-state index contributed by atoms with van der Waals surface area (Å²) in [5.74, 6) is 2.73. The zero-order valence-corrected chi connectivity index (χ0v) is 16.9. The number of benzene rings is 1. The third kappa shape index (κ3) is 9.23. The molecule has 2 amide bonds. The highest BCUT2D eigenvalue weighted by molar-refractivity contribution is 5.77. The topological polar surface area (TPSA) is 105 Å². The Balaban J connectivity index is 0.000000483. The van der Waals surface area contributed by atoms with Crippen LogP contribution in [0, 0.1) is 24.7 Å². The van der Waals surface area contributed by atoms with Gasteiger partial charge in [-0.2, -0.15) is 0 Å². The van der Waals surface area contributed by atoms with Gasteiger partial charge in [-0.05, 0) is 42.0 Å². The molecule has 1 atom stereocenters. The van der Waals surface area contributed by atoms with E-state index < -0.39 is 0 Å². The Morgan fingerprint density at radius 2 is 2.11 bits per heavy atom. The lowest BCUT2D eigenvalue weighted by atomic mass is 9.92. The molecule has 0 radical (unpaired) electrons. The smallest absolute Gasteiger partial charge is 0.223 e. The van der Waals surface area contributed by atoms with Crippen LogP contribution in [-0.2, 0) is 16.1 Å². The van der Waals surface area contributed by atoms with Crippen LogP contribution in [-0.4, -0.2) is 41.5 Å². The van der Waals surface area contributed by atoms with E-state index in [9.17, 15) is 14.7 Å². The quantitative estimate of drug-likeness (QED) is 0.555. The predicted molar refractivity (Wildman–Crippen MR) is 108 cm³/mol. The molecule has 1 aromatic carbocycles. The lowest BCUT2D eigenvalue weighted by molar-refractivity contribution is -0.132. The molecule has 0 bridgehead atoms. The molecule has 2 rings (SSSR count). The molecule has 1 heterocycles. The van der Waals surface area contributed by atoms with Crippen molar-refractivity contribution in [1.82, 2.24) is 16.4 Å². The number of rotatable bonds is 4. The standard InChI is InChI=1S/C11H11NO.C10H19NO2.H3N/c1-3-10-4-5-11(7-12-8-13)9(2)6-10;1-10(2,3)6-9(13)11-5-4-8(12)7-11;/h1,4-6,8H,7H2,2H3,(H,12,13);8,12H,4-7H2,1-3H3;1H3. The Labute approximate surface area is 162 Å². The van der Waals surface area contributed by atoms with Gasteiger partial charge in [0.2, 0.25) is 12.3 Å². The van der Waals surface area contributed by atoms with E-state index >= 15 is 0 Å². The predicted octanol–water partition coefficient (Wildman–Crippen LogP) is 2.40. The molecule has 6 heteroatoms. The molecule has 0 saturated carbocycles. The Morgan fingerprint density at radius 3 is 2.56 bits per heavy atom. The Bertz CT molecular complexity index is 660. The van der Waals surface area contributed by atoms with Crippen molar-refractivity contribution < 1.29 is 14.7 Å². The molecule has 27 heavy (non-hydrogen) atoms. The maximum Gasteiger partial charge on any atom is 0.223 e. The van der Waals surface area contributed by atoms with Crippen LogP contribution < -0.4 is 11.5 Å². The molecule has 0 aliphatic carbocycles. The molecule has 6 nitrogen and oxygen atoms in total. The van der Waals surface area contributed by atoms with Gasteiger partial charge in [-0.3, -0.25) is 9.59 Å². The van der Waals surface area contributed by atoms with Crippen LogP contribution in [0.1, 0.15) is 50.3 Å². The van der Waals surface area contributed by atoms with Crippen LogP contribution in [0.25, 0.3) is 0 Å². The summed E-state index contributed by atoms with van der Waals surface area (Å²) in [7, 11) is 0. The normalized spacial score (nSPS) is 15.7. The number of aryl methyl sites for hydroxylation is 1. The minimum atomic E-state index is -0.302. The summed E-state index contributed by atoms with van der Waals surface area (Å²) < 4.78 is 0. The minimum Gasteiger partial charge on any atom is -0.391 e. The Hall–Kier alpha value is -2.36. The van der Waals surface area contributed by atoms with E-state index in [1.807, 2.05) is 25.1 Å². The number of amides is 2. The number of carbonyl (C=O) groups is 2. The lowest BCUT2D eigenvalue weighted by Crippen LogP contribution is -2.32. The molecular weight excluding hydrogens is 342 g/mol. The number of likely N-dealkylation sites (tertiary alicyclic amines) is 1. The summed E-state index contributed by atoms with van der Waals surface area (Å²) in [6.45, 7) is 9.93. The monoisotopic (exact) mass is 375 g/mol. The summed E-state index contributed by atoms with van der Waals surface area (Å²) in [5.41, 5.74) is 3.10. The van der Waals surface area contributed by atoms with Gasteiger partial charge >= 0.3 is 0 Å². The van der Waals surface area contributed by atoms with Crippen molar-refractivity contribution in [2.24, 2.45) is 5.41 Å². The molecule has 150 valence electrons. The molecule has 0 aromatic heterocycles. The second-order valence-corrected chi connectivity index (χ2v) is 7.80. The van der Waals surface area contributed by atoms with Crippen molar-refractivity contribution >= 4 is 12.3 Å². The summed E-state index contributed by atoms with van der Waals surface area (Å²) in [4.78, 5) is 23.5. The van der Waals surface area contributed by atoms with Crippen molar-refractivity contribution in [2.45, 2.75) is 53.2 Å². The van der Waals surface area contributed by atoms with Crippen molar-refractivity contribution in [3.63, 3.8) is 0 Å². The number of nitrogens with zero attached hydrogens (tertiary/aromatic N) is 1. The van der Waals surface area contributed by atoms with E-state index in [0.29, 0.717) is 25.9 Å². The SMILES string of the molecule is C#Cc1ccc(CNC=O)c(C)c1.CC(C)(C)CC(=O)N1CCC(O)C1.N. The Morgan fingerprint density at radius 1 is 1.44 bits per heavy atom. The summed E-state index contributed by atoms with van der Waals surface area (Å²) >= 11 is 0. The van der Waals surface area contributed by atoms with Crippen LogP contribution >= 0.6 is 0 Å². The highest BCUT2D eigenvalue weighted by atomic mass is 16.3. The van der Waals surface area contributed by atoms with E-state index in [-0.39, 0.29) is 23.6 Å². The number of aliphatic hydroxyl groups is 1. The zero-order chi connectivity index (χ0) is 19.7. The Kier molecular flexibility index (Phi) is 10.4. The molecule has 1 saturated heterocycles. The summed E-state index contributed by atoms with van der Waals surface area (Å²) in [5, 5.41) is 11.9. The third-order valence-electron chi connectivity index (χ3n) is 4.08. The number of carbonyl (C=O) groups excluding carboxylic acids is 2. The lowest BCUT2D eigenvalue weighted by Gasteiger charge is -2.22. The fraction of sp³-hybridized carbons (Fsp3) is 0.524. The van der Waals surface area contributed by atoms with Gasteiger partial charge < -0.3 is 21.5 Å². The number of nitrogens with one attached hydrogen (secondary N) is 1. The first kappa shape index (κ1) is 24.6.